The number of nitrogens with zero attached hydrogens (tertiary/aromatic N) is 4. The molecule has 1 N–H and O–H groups in total. The number of rotatable bonds is 5. The molecule has 4 atom stereocenters. The Hall–Kier alpha value is -1.84. The first kappa shape index (κ1) is 15.1. The number of aromatic nitrogens is 4. The Balaban J connectivity index is 1.97. The van der Waals surface area contributed by atoms with E-state index in [2.05, 4.69) is 20.3 Å². The summed E-state index contributed by atoms with van der Waals surface area (Å²) in [5, 5.41) is 2.93. The van der Waals surface area contributed by atoms with Crippen LogP contribution in [0, 0.1) is 0 Å². The van der Waals surface area contributed by atoms with E-state index in [1.807, 2.05) is 0 Å². The second-order valence-corrected chi connectivity index (χ2v) is 4.96. The molecule has 0 bridgehead atoms. The average Bonchev–Trinajstić information content (AvgIpc) is 3.08. The summed E-state index contributed by atoms with van der Waals surface area (Å²) in [5.41, 5.74) is 1.06. The second kappa shape index (κ2) is 6.11. The van der Waals surface area contributed by atoms with E-state index in [0.29, 0.717) is 17.0 Å². The molecule has 0 spiro atoms. The summed E-state index contributed by atoms with van der Waals surface area (Å²) in [6.45, 7) is 0.249. The fraction of sp³-hybridized carbons (Fsp3) is 0.615. The van der Waals surface area contributed by atoms with Crippen LogP contribution < -0.4 is 5.32 Å². The van der Waals surface area contributed by atoms with Crippen molar-refractivity contribution in [3.63, 3.8) is 0 Å². The quantitative estimate of drug-likeness (QED) is 0.873. The smallest absolute Gasteiger partial charge is 0.174 e. The standard InChI is InChI=1S/C13H18FN5O3/c1-15-11-9-12(17-5-16-11)19(6-18-9)13-8(14)10(21-3)7(22-13)4-20-2/h5-8,10,13H,4H2,1-3H3,(H,15,16,17)/t7-,8+,10?,13-/m1/s1. The molecule has 0 aromatic carbocycles. The molecule has 22 heavy (non-hydrogen) atoms. The number of fused-ring (bicyclic) bond motifs is 1. The van der Waals surface area contributed by atoms with Crippen molar-refractivity contribution in [2.45, 2.75) is 24.6 Å². The summed E-state index contributed by atoms with van der Waals surface area (Å²) in [6, 6.07) is 0. The van der Waals surface area contributed by atoms with Gasteiger partial charge in [0.25, 0.3) is 0 Å². The van der Waals surface area contributed by atoms with Crippen LogP contribution in [-0.4, -0.2) is 65.8 Å². The number of methoxy groups -OCH3 is 2. The number of hydrogen-bond donors (Lipinski definition) is 1. The molecule has 3 rings (SSSR count). The molecule has 9 heteroatoms. The van der Waals surface area contributed by atoms with E-state index in [0.717, 1.165) is 0 Å². The van der Waals surface area contributed by atoms with Crippen LogP contribution in [0.2, 0.25) is 0 Å². The van der Waals surface area contributed by atoms with Crippen LogP contribution in [0.4, 0.5) is 10.2 Å². The van der Waals surface area contributed by atoms with Crippen molar-refractivity contribution in [3.8, 4) is 0 Å². The fourth-order valence-corrected chi connectivity index (χ4v) is 2.72. The van der Waals surface area contributed by atoms with Gasteiger partial charge in [-0.3, -0.25) is 4.57 Å². The van der Waals surface area contributed by atoms with Gasteiger partial charge < -0.3 is 19.5 Å². The van der Waals surface area contributed by atoms with Crippen LogP contribution >= 0.6 is 0 Å². The Morgan fingerprint density at radius 2 is 2.18 bits per heavy atom. The van der Waals surface area contributed by atoms with Gasteiger partial charge in [-0.1, -0.05) is 0 Å². The molecule has 1 aliphatic heterocycles. The lowest BCUT2D eigenvalue weighted by Crippen LogP contribution is -2.33. The molecule has 120 valence electrons. The van der Waals surface area contributed by atoms with Crippen molar-refractivity contribution in [1.29, 1.82) is 0 Å². The largest absolute Gasteiger partial charge is 0.382 e. The van der Waals surface area contributed by atoms with Gasteiger partial charge in [0.1, 0.15) is 24.1 Å². The van der Waals surface area contributed by atoms with E-state index >= 15 is 0 Å². The maximum atomic E-state index is 14.7. The number of ether oxygens (including phenoxy) is 3. The van der Waals surface area contributed by atoms with Crippen LogP contribution in [0.1, 0.15) is 6.23 Å². The lowest BCUT2D eigenvalue weighted by Gasteiger charge is -2.16. The van der Waals surface area contributed by atoms with Gasteiger partial charge in [-0.15, -0.1) is 0 Å². The van der Waals surface area contributed by atoms with Crippen molar-refractivity contribution in [2.24, 2.45) is 0 Å². The molecule has 1 aliphatic rings. The third-order valence-corrected chi connectivity index (χ3v) is 3.74. The van der Waals surface area contributed by atoms with Gasteiger partial charge in [-0.05, 0) is 0 Å². The highest BCUT2D eigenvalue weighted by Gasteiger charge is 2.47. The molecule has 1 fully saturated rings. The van der Waals surface area contributed by atoms with Gasteiger partial charge in [0.2, 0.25) is 0 Å². The van der Waals surface area contributed by atoms with E-state index in [1.165, 1.54) is 26.9 Å². The molecule has 3 heterocycles. The summed E-state index contributed by atoms with van der Waals surface area (Å²) in [5.74, 6) is 0.578. The van der Waals surface area contributed by atoms with Crippen LogP contribution in [0.5, 0.6) is 0 Å². The van der Waals surface area contributed by atoms with Crippen molar-refractivity contribution in [1.82, 2.24) is 19.5 Å². The van der Waals surface area contributed by atoms with Crippen LogP contribution in [0.15, 0.2) is 12.7 Å². The Kier molecular flexibility index (Phi) is 4.19. The summed E-state index contributed by atoms with van der Waals surface area (Å²) in [4.78, 5) is 12.5. The maximum absolute atomic E-state index is 14.7. The topological polar surface area (TPSA) is 83.3 Å². The summed E-state index contributed by atoms with van der Waals surface area (Å²) in [6.07, 6.45) is -0.509. The summed E-state index contributed by atoms with van der Waals surface area (Å²) in [7, 11) is 4.73. The van der Waals surface area contributed by atoms with E-state index in [1.54, 1.807) is 11.6 Å². The molecule has 0 radical (unpaired) electrons. The zero-order valence-electron chi connectivity index (χ0n) is 12.6. The predicted octanol–water partition coefficient (Wildman–Crippen LogP) is 0.765. The first-order chi connectivity index (χ1) is 10.7. The zero-order chi connectivity index (χ0) is 15.7. The number of anilines is 1. The average molecular weight is 311 g/mol. The first-order valence-corrected chi connectivity index (χ1v) is 6.87. The molecule has 0 saturated carbocycles. The Morgan fingerprint density at radius 3 is 2.86 bits per heavy atom. The Morgan fingerprint density at radius 1 is 1.36 bits per heavy atom. The first-order valence-electron chi connectivity index (χ1n) is 6.87. The van der Waals surface area contributed by atoms with Crippen molar-refractivity contribution >= 4 is 17.0 Å². The van der Waals surface area contributed by atoms with Crippen molar-refractivity contribution in [2.75, 3.05) is 33.2 Å². The Bertz CT molecular complexity index is 652. The lowest BCUT2D eigenvalue weighted by atomic mass is 10.1. The third-order valence-electron chi connectivity index (χ3n) is 3.74. The van der Waals surface area contributed by atoms with Crippen LogP contribution in [0.25, 0.3) is 11.2 Å². The monoisotopic (exact) mass is 311 g/mol. The molecule has 0 amide bonds. The third kappa shape index (κ3) is 2.31. The second-order valence-electron chi connectivity index (χ2n) is 4.96. The van der Waals surface area contributed by atoms with Gasteiger partial charge in [-0.2, -0.15) is 0 Å². The lowest BCUT2D eigenvalue weighted by molar-refractivity contribution is -0.0602. The number of imidazole rings is 1. The van der Waals surface area contributed by atoms with E-state index in [4.69, 9.17) is 14.2 Å². The zero-order valence-corrected chi connectivity index (χ0v) is 12.6. The van der Waals surface area contributed by atoms with Gasteiger partial charge in [0.05, 0.1) is 12.9 Å². The summed E-state index contributed by atoms with van der Waals surface area (Å²) < 4.78 is 32.3. The van der Waals surface area contributed by atoms with Gasteiger partial charge in [0.15, 0.2) is 23.9 Å². The SMILES string of the molecule is CNc1ncnc2c1ncn2[C@@H]1O[C@H](COC)C(OC)[C@@H]1F. The van der Waals surface area contributed by atoms with Gasteiger partial charge in [0, 0.05) is 21.3 Å². The van der Waals surface area contributed by atoms with Crippen LogP contribution in [0.3, 0.4) is 0 Å². The normalized spacial score (nSPS) is 28.4. The molecular formula is C13H18FN5O3. The number of halogens is 1. The molecular weight excluding hydrogens is 293 g/mol. The molecule has 2 aromatic rings. The molecule has 2 aromatic heterocycles. The number of alkyl halides is 1. The molecule has 1 unspecified atom stereocenters. The van der Waals surface area contributed by atoms with Gasteiger partial charge in [-0.25, -0.2) is 19.3 Å². The molecule has 8 nitrogen and oxygen atoms in total. The summed E-state index contributed by atoms with van der Waals surface area (Å²) >= 11 is 0. The minimum Gasteiger partial charge on any atom is -0.382 e. The van der Waals surface area contributed by atoms with E-state index < -0.39 is 24.6 Å². The highest BCUT2D eigenvalue weighted by Crippen LogP contribution is 2.35. The van der Waals surface area contributed by atoms with E-state index in [9.17, 15) is 4.39 Å². The highest BCUT2D eigenvalue weighted by molar-refractivity contribution is 5.82. The number of hydrogen-bond acceptors (Lipinski definition) is 7. The van der Waals surface area contributed by atoms with Crippen LogP contribution in [-0.2, 0) is 14.2 Å². The molecule has 1 saturated heterocycles. The Labute approximate surface area is 126 Å². The minimum atomic E-state index is -1.35. The number of nitrogens with one attached hydrogen (secondary N) is 1. The van der Waals surface area contributed by atoms with Gasteiger partial charge >= 0.3 is 0 Å². The molecule has 0 aliphatic carbocycles. The highest BCUT2D eigenvalue weighted by atomic mass is 19.1. The predicted molar refractivity (Wildman–Crippen MR) is 76.3 cm³/mol. The van der Waals surface area contributed by atoms with E-state index in [-0.39, 0.29) is 6.61 Å². The minimum absolute atomic E-state index is 0.249. The fourth-order valence-electron chi connectivity index (χ4n) is 2.72. The van der Waals surface area contributed by atoms with Crippen molar-refractivity contribution in [3.05, 3.63) is 12.7 Å². The van der Waals surface area contributed by atoms with Crippen molar-refractivity contribution < 1.29 is 18.6 Å². The maximum Gasteiger partial charge on any atom is 0.174 e.